The molecule has 7 heteroatoms. The number of rotatable bonds is 5. The Labute approximate surface area is 110 Å². The molecule has 2 atom stereocenters. The molecule has 0 aliphatic heterocycles. The summed E-state index contributed by atoms with van der Waals surface area (Å²) < 4.78 is 0. The van der Waals surface area contributed by atoms with Gasteiger partial charge in [-0.05, 0) is 24.3 Å². The predicted molar refractivity (Wildman–Crippen MR) is 68.4 cm³/mol. The molecule has 102 valence electrons. The van der Waals surface area contributed by atoms with E-state index in [2.05, 4.69) is 11.9 Å². The summed E-state index contributed by atoms with van der Waals surface area (Å²) in [5.41, 5.74) is -0.350. The summed E-state index contributed by atoms with van der Waals surface area (Å²) in [5, 5.41) is 19.9. The summed E-state index contributed by atoms with van der Waals surface area (Å²) in [4.78, 5) is 26.9. The molecule has 0 radical (unpaired) electrons. The number of hydrogen-bond acceptors (Lipinski definition) is 5. The second-order valence-electron chi connectivity index (χ2n) is 4.96. The van der Waals surface area contributed by atoms with Crippen LogP contribution in [0, 0.1) is 22.0 Å². The summed E-state index contributed by atoms with van der Waals surface area (Å²) in [6, 6.07) is 2.34. The van der Waals surface area contributed by atoms with E-state index in [1.165, 1.54) is 6.07 Å². The zero-order chi connectivity index (χ0) is 14.2. The van der Waals surface area contributed by atoms with Crippen molar-refractivity contribution in [1.82, 2.24) is 4.98 Å². The van der Waals surface area contributed by atoms with Crippen LogP contribution < -0.4 is 4.90 Å². The van der Waals surface area contributed by atoms with E-state index in [-0.39, 0.29) is 17.2 Å². The highest BCUT2D eigenvalue weighted by atomic mass is 16.6. The van der Waals surface area contributed by atoms with Crippen molar-refractivity contribution in [2.75, 3.05) is 18.5 Å². The zero-order valence-corrected chi connectivity index (χ0v) is 10.7. The topological polar surface area (TPSA) is 96.6 Å². The molecule has 1 aromatic heterocycles. The van der Waals surface area contributed by atoms with Crippen molar-refractivity contribution >= 4 is 17.5 Å². The van der Waals surface area contributed by atoms with E-state index in [0.29, 0.717) is 18.4 Å². The van der Waals surface area contributed by atoms with Gasteiger partial charge >= 0.3 is 11.7 Å². The Morgan fingerprint density at radius 3 is 2.74 bits per heavy atom. The molecular weight excluding hydrogens is 250 g/mol. The van der Waals surface area contributed by atoms with Crippen LogP contribution in [-0.2, 0) is 0 Å². The molecular formula is C12H15N3O4. The maximum Gasteiger partial charge on any atom is 0.354 e. The minimum absolute atomic E-state index is 0.115. The molecule has 2 rings (SSSR count). The monoisotopic (exact) mass is 265 g/mol. The number of pyridine rings is 1. The van der Waals surface area contributed by atoms with E-state index in [9.17, 15) is 14.9 Å². The summed E-state index contributed by atoms with van der Waals surface area (Å²) in [5.74, 6) is 0.0392. The van der Waals surface area contributed by atoms with Gasteiger partial charge < -0.3 is 10.0 Å². The van der Waals surface area contributed by atoms with Gasteiger partial charge in [0.2, 0.25) is 5.82 Å². The molecule has 1 heterocycles. The third-order valence-corrected chi connectivity index (χ3v) is 3.42. The van der Waals surface area contributed by atoms with Gasteiger partial charge in [0.1, 0.15) is 0 Å². The van der Waals surface area contributed by atoms with Crippen LogP contribution in [0.5, 0.6) is 0 Å². The normalized spacial score (nSPS) is 20.9. The first-order valence-corrected chi connectivity index (χ1v) is 6.00. The number of carbonyl (C=O) groups is 1. The quantitative estimate of drug-likeness (QED) is 0.643. The van der Waals surface area contributed by atoms with Crippen molar-refractivity contribution in [1.29, 1.82) is 0 Å². The molecule has 2 unspecified atom stereocenters. The van der Waals surface area contributed by atoms with E-state index in [4.69, 9.17) is 5.11 Å². The lowest BCUT2D eigenvalue weighted by molar-refractivity contribution is -0.384. The first kappa shape index (κ1) is 13.3. The molecule has 1 N–H and O–H groups in total. The molecule has 7 nitrogen and oxygen atoms in total. The number of nitro groups is 1. The fourth-order valence-electron chi connectivity index (χ4n) is 2.08. The van der Waals surface area contributed by atoms with Crippen LogP contribution in [0.2, 0.25) is 0 Å². The minimum Gasteiger partial charge on any atom is -0.477 e. The molecule has 0 amide bonds. The van der Waals surface area contributed by atoms with Crippen molar-refractivity contribution in [3.63, 3.8) is 0 Å². The summed E-state index contributed by atoms with van der Waals surface area (Å²) in [6.07, 6.45) is 1.09. The molecule has 0 spiro atoms. The first-order chi connectivity index (χ1) is 8.90. The molecule has 19 heavy (non-hydrogen) atoms. The Balaban J connectivity index is 2.30. The number of aromatic carboxylic acids is 1. The highest BCUT2D eigenvalue weighted by molar-refractivity contribution is 5.86. The van der Waals surface area contributed by atoms with Gasteiger partial charge in [0, 0.05) is 19.7 Å². The lowest BCUT2D eigenvalue weighted by atomic mass is 10.2. The molecule has 1 aliphatic rings. The van der Waals surface area contributed by atoms with Crippen molar-refractivity contribution in [2.24, 2.45) is 11.8 Å². The summed E-state index contributed by atoms with van der Waals surface area (Å²) in [6.45, 7) is 2.77. The summed E-state index contributed by atoms with van der Waals surface area (Å²) in [7, 11) is 1.70. The summed E-state index contributed by atoms with van der Waals surface area (Å²) >= 11 is 0. The van der Waals surface area contributed by atoms with Crippen molar-refractivity contribution in [3.8, 4) is 0 Å². The third-order valence-electron chi connectivity index (χ3n) is 3.42. The second kappa shape index (κ2) is 4.83. The van der Waals surface area contributed by atoms with Gasteiger partial charge in [-0.2, -0.15) is 0 Å². The van der Waals surface area contributed by atoms with Crippen molar-refractivity contribution in [3.05, 3.63) is 27.9 Å². The Kier molecular flexibility index (Phi) is 3.37. The SMILES string of the molecule is CC1CC1CN(C)c1nc(C(=O)O)ccc1[N+](=O)[O-]. The number of anilines is 1. The largest absolute Gasteiger partial charge is 0.477 e. The van der Waals surface area contributed by atoms with Gasteiger partial charge in [-0.1, -0.05) is 6.92 Å². The predicted octanol–water partition coefficient (Wildman–Crippen LogP) is 1.78. The third kappa shape index (κ3) is 2.81. The van der Waals surface area contributed by atoms with Gasteiger partial charge in [0.15, 0.2) is 5.69 Å². The number of hydrogen-bond donors (Lipinski definition) is 1. The molecule has 0 aromatic carbocycles. The number of aromatic nitrogens is 1. The Hall–Kier alpha value is -2.18. The van der Waals surface area contributed by atoms with Crippen molar-refractivity contribution in [2.45, 2.75) is 13.3 Å². The van der Waals surface area contributed by atoms with Crippen LogP contribution in [0.4, 0.5) is 11.5 Å². The first-order valence-electron chi connectivity index (χ1n) is 6.00. The standard InChI is InChI=1S/C12H15N3O4/c1-7-5-8(7)6-14(2)11-10(15(18)19)4-3-9(13-11)12(16)17/h3-4,7-8H,5-6H2,1-2H3,(H,16,17). The van der Waals surface area contributed by atoms with Gasteiger partial charge in [-0.15, -0.1) is 0 Å². The highest BCUT2D eigenvalue weighted by Gasteiger charge is 2.34. The van der Waals surface area contributed by atoms with Crippen LogP contribution in [-0.4, -0.2) is 34.6 Å². The van der Waals surface area contributed by atoms with E-state index < -0.39 is 10.9 Å². The molecule has 0 bridgehead atoms. The smallest absolute Gasteiger partial charge is 0.354 e. The van der Waals surface area contributed by atoms with Gasteiger partial charge in [0.05, 0.1) is 4.92 Å². The fourth-order valence-corrected chi connectivity index (χ4v) is 2.08. The number of carboxylic acids is 1. The average molecular weight is 265 g/mol. The maximum atomic E-state index is 11.0. The molecule has 1 saturated carbocycles. The highest BCUT2D eigenvalue weighted by Crippen LogP contribution is 2.39. The fraction of sp³-hybridized carbons (Fsp3) is 0.500. The lowest BCUT2D eigenvalue weighted by Crippen LogP contribution is -2.23. The minimum atomic E-state index is -1.19. The maximum absolute atomic E-state index is 11.0. The van der Waals surface area contributed by atoms with E-state index >= 15 is 0 Å². The average Bonchev–Trinajstić information content (AvgIpc) is 3.03. The van der Waals surface area contributed by atoms with E-state index in [0.717, 1.165) is 12.5 Å². The molecule has 1 aromatic rings. The van der Waals surface area contributed by atoms with E-state index in [1.54, 1.807) is 11.9 Å². The van der Waals surface area contributed by atoms with Crippen LogP contribution in [0.25, 0.3) is 0 Å². The van der Waals surface area contributed by atoms with Crippen LogP contribution in [0.3, 0.4) is 0 Å². The van der Waals surface area contributed by atoms with Gasteiger partial charge in [-0.3, -0.25) is 10.1 Å². The number of carboxylic acid groups (broad SMARTS) is 1. The van der Waals surface area contributed by atoms with Gasteiger partial charge in [-0.25, -0.2) is 9.78 Å². The second-order valence-corrected chi connectivity index (χ2v) is 4.96. The Bertz CT molecular complexity index is 532. The Morgan fingerprint density at radius 2 is 2.26 bits per heavy atom. The molecule has 0 saturated heterocycles. The Morgan fingerprint density at radius 1 is 1.63 bits per heavy atom. The lowest BCUT2D eigenvalue weighted by Gasteiger charge is -2.18. The molecule has 1 aliphatic carbocycles. The zero-order valence-electron chi connectivity index (χ0n) is 10.7. The van der Waals surface area contributed by atoms with Crippen LogP contribution in [0.15, 0.2) is 12.1 Å². The molecule has 1 fully saturated rings. The van der Waals surface area contributed by atoms with Crippen molar-refractivity contribution < 1.29 is 14.8 Å². The van der Waals surface area contributed by atoms with E-state index in [1.807, 2.05) is 0 Å². The van der Waals surface area contributed by atoms with Gasteiger partial charge in [0.25, 0.3) is 0 Å². The van der Waals surface area contributed by atoms with Crippen LogP contribution in [0.1, 0.15) is 23.8 Å². The number of nitrogens with zero attached hydrogens (tertiary/aromatic N) is 3. The van der Waals surface area contributed by atoms with Crippen LogP contribution >= 0.6 is 0 Å².